The van der Waals surface area contributed by atoms with Crippen LogP contribution < -0.4 is 0 Å². The van der Waals surface area contributed by atoms with Gasteiger partial charge in [0, 0.05) is 44.6 Å². The molecule has 1 atom stereocenters. The standard InChI is InChI=1S/C23H33N5O2/c1-18-14-22(30-25-18)17-26(2)23(29)20-4-3-11-28(16-20)21-7-12-27(13-8-21)15-19-5-9-24-10-6-19/h5-6,9-10,14,20-21H,3-4,7-8,11-13,15-17H2,1-2H3/t20-/m0/s1. The summed E-state index contributed by atoms with van der Waals surface area (Å²) in [5.41, 5.74) is 2.18. The molecule has 0 bridgehead atoms. The van der Waals surface area contributed by atoms with Gasteiger partial charge in [-0.1, -0.05) is 5.16 Å². The van der Waals surface area contributed by atoms with E-state index < -0.39 is 0 Å². The third-order valence-corrected chi connectivity index (χ3v) is 6.48. The molecule has 0 radical (unpaired) electrons. The Morgan fingerprint density at radius 1 is 1.20 bits per heavy atom. The Labute approximate surface area is 179 Å². The van der Waals surface area contributed by atoms with E-state index in [4.69, 9.17) is 4.52 Å². The average molecular weight is 412 g/mol. The van der Waals surface area contributed by atoms with Crippen LogP contribution in [0.1, 0.15) is 42.7 Å². The molecule has 7 heteroatoms. The average Bonchev–Trinajstić information content (AvgIpc) is 3.19. The van der Waals surface area contributed by atoms with Gasteiger partial charge >= 0.3 is 0 Å². The molecule has 0 saturated carbocycles. The van der Waals surface area contributed by atoms with Crippen LogP contribution >= 0.6 is 0 Å². The van der Waals surface area contributed by atoms with E-state index in [1.54, 1.807) is 4.90 Å². The van der Waals surface area contributed by atoms with Gasteiger partial charge in [0.25, 0.3) is 0 Å². The van der Waals surface area contributed by atoms with Crippen molar-refractivity contribution in [3.05, 3.63) is 47.6 Å². The first-order valence-corrected chi connectivity index (χ1v) is 11.1. The van der Waals surface area contributed by atoms with Crippen molar-refractivity contribution in [2.24, 2.45) is 5.92 Å². The quantitative estimate of drug-likeness (QED) is 0.728. The van der Waals surface area contributed by atoms with Gasteiger partial charge in [-0.3, -0.25) is 19.6 Å². The molecule has 2 aromatic rings. The fourth-order valence-electron chi connectivity index (χ4n) is 4.84. The Hall–Kier alpha value is -2.25. The maximum atomic E-state index is 13.0. The Morgan fingerprint density at radius 3 is 2.67 bits per heavy atom. The van der Waals surface area contributed by atoms with Crippen LogP contribution in [0.3, 0.4) is 0 Å². The Balaban J connectivity index is 1.26. The summed E-state index contributed by atoms with van der Waals surface area (Å²) >= 11 is 0. The molecule has 2 aromatic heterocycles. The molecule has 2 aliphatic heterocycles. The predicted molar refractivity (Wildman–Crippen MR) is 115 cm³/mol. The molecule has 2 aliphatic rings. The van der Waals surface area contributed by atoms with Crippen molar-refractivity contribution < 1.29 is 9.32 Å². The van der Waals surface area contributed by atoms with Crippen molar-refractivity contribution in [1.29, 1.82) is 0 Å². The van der Waals surface area contributed by atoms with Crippen LogP contribution in [-0.2, 0) is 17.9 Å². The first kappa shape index (κ1) is 21.0. The zero-order valence-electron chi connectivity index (χ0n) is 18.2. The number of amides is 1. The minimum atomic E-state index is 0.0858. The highest BCUT2D eigenvalue weighted by Gasteiger charge is 2.33. The van der Waals surface area contributed by atoms with Crippen LogP contribution in [0, 0.1) is 12.8 Å². The maximum absolute atomic E-state index is 13.0. The first-order chi connectivity index (χ1) is 14.6. The van der Waals surface area contributed by atoms with Crippen LogP contribution in [0.15, 0.2) is 35.1 Å². The zero-order valence-corrected chi connectivity index (χ0v) is 18.2. The Kier molecular flexibility index (Phi) is 6.79. The molecule has 0 N–H and O–H groups in total. The van der Waals surface area contributed by atoms with Crippen LogP contribution in [0.2, 0.25) is 0 Å². The van der Waals surface area contributed by atoms with Crippen molar-refractivity contribution >= 4 is 5.91 Å². The minimum Gasteiger partial charge on any atom is -0.359 e. The summed E-state index contributed by atoms with van der Waals surface area (Å²) in [5.74, 6) is 1.06. The lowest BCUT2D eigenvalue weighted by atomic mass is 9.93. The molecule has 2 fully saturated rings. The SMILES string of the molecule is Cc1cc(CN(C)C(=O)[C@H]2CCCN(C3CCN(Cc4ccncc4)CC3)C2)on1. The first-order valence-electron chi connectivity index (χ1n) is 11.1. The number of aryl methyl sites for hydroxylation is 1. The van der Waals surface area contributed by atoms with Gasteiger partial charge in [0.15, 0.2) is 5.76 Å². The van der Waals surface area contributed by atoms with Crippen LogP contribution in [0.5, 0.6) is 0 Å². The number of carbonyl (C=O) groups excluding carboxylic acids is 1. The summed E-state index contributed by atoms with van der Waals surface area (Å²) in [4.78, 5) is 24.0. The van der Waals surface area contributed by atoms with E-state index in [0.29, 0.717) is 12.6 Å². The lowest BCUT2D eigenvalue weighted by Gasteiger charge is -2.42. The number of pyridine rings is 1. The summed E-state index contributed by atoms with van der Waals surface area (Å²) in [5, 5.41) is 3.92. The Bertz CT molecular complexity index is 816. The third-order valence-electron chi connectivity index (χ3n) is 6.48. The molecule has 7 nitrogen and oxygen atoms in total. The molecular weight excluding hydrogens is 378 g/mol. The fraction of sp³-hybridized carbons (Fsp3) is 0.609. The topological polar surface area (TPSA) is 65.7 Å². The highest BCUT2D eigenvalue weighted by atomic mass is 16.5. The predicted octanol–water partition coefficient (Wildman–Crippen LogP) is 2.71. The van der Waals surface area contributed by atoms with Gasteiger partial charge in [-0.2, -0.15) is 0 Å². The molecule has 4 heterocycles. The molecule has 30 heavy (non-hydrogen) atoms. The molecule has 162 valence electrons. The number of aromatic nitrogens is 2. The number of rotatable bonds is 6. The van der Waals surface area contributed by atoms with Gasteiger partial charge in [-0.15, -0.1) is 0 Å². The summed E-state index contributed by atoms with van der Waals surface area (Å²) in [6, 6.07) is 6.69. The monoisotopic (exact) mass is 411 g/mol. The highest BCUT2D eigenvalue weighted by molar-refractivity contribution is 5.78. The van der Waals surface area contributed by atoms with Crippen molar-refractivity contribution in [2.45, 2.75) is 51.7 Å². The zero-order chi connectivity index (χ0) is 20.9. The van der Waals surface area contributed by atoms with Crippen molar-refractivity contribution in [2.75, 3.05) is 33.2 Å². The maximum Gasteiger partial charge on any atom is 0.227 e. The second kappa shape index (κ2) is 9.71. The fourth-order valence-corrected chi connectivity index (χ4v) is 4.84. The largest absolute Gasteiger partial charge is 0.359 e. The van der Waals surface area contributed by atoms with E-state index in [2.05, 4.69) is 32.1 Å². The van der Waals surface area contributed by atoms with Crippen LogP contribution in [0.4, 0.5) is 0 Å². The number of nitrogens with zero attached hydrogens (tertiary/aromatic N) is 5. The number of piperidine rings is 2. The van der Waals surface area contributed by atoms with Crippen LogP contribution in [-0.4, -0.2) is 70.0 Å². The number of carbonyl (C=O) groups is 1. The van der Waals surface area contributed by atoms with E-state index in [1.165, 1.54) is 18.4 Å². The van der Waals surface area contributed by atoms with Crippen LogP contribution in [0.25, 0.3) is 0 Å². The van der Waals surface area contributed by atoms with Gasteiger partial charge in [0.2, 0.25) is 5.91 Å². The van der Waals surface area contributed by atoms with Gasteiger partial charge in [-0.25, -0.2) is 0 Å². The van der Waals surface area contributed by atoms with E-state index in [1.807, 2.05) is 32.4 Å². The summed E-state index contributed by atoms with van der Waals surface area (Å²) in [6.07, 6.45) is 8.18. The van der Waals surface area contributed by atoms with E-state index in [-0.39, 0.29) is 11.8 Å². The minimum absolute atomic E-state index is 0.0858. The number of likely N-dealkylation sites (tertiary alicyclic amines) is 2. The van der Waals surface area contributed by atoms with Crippen molar-refractivity contribution in [1.82, 2.24) is 24.8 Å². The molecule has 0 aliphatic carbocycles. The molecule has 4 rings (SSSR count). The lowest BCUT2D eigenvalue weighted by Crippen LogP contribution is -2.50. The molecule has 1 amide bonds. The normalized spacial score (nSPS) is 21.6. The van der Waals surface area contributed by atoms with Gasteiger partial charge in [0.05, 0.1) is 18.2 Å². The molecule has 2 saturated heterocycles. The molecule has 0 aromatic carbocycles. The third kappa shape index (κ3) is 5.26. The van der Waals surface area contributed by atoms with E-state index >= 15 is 0 Å². The van der Waals surface area contributed by atoms with Crippen molar-refractivity contribution in [3.8, 4) is 0 Å². The summed E-state index contributed by atoms with van der Waals surface area (Å²) < 4.78 is 5.28. The summed E-state index contributed by atoms with van der Waals surface area (Å²) in [7, 11) is 1.87. The highest BCUT2D eigenvalue weighted by Crippen LogP contribution is 2.26. The van der Waals surface area contributed by atoms with Gasteiger partial charge < -0.3 is 9.42 Å². The van der Waals surface area contributed by atoms with E-state index in [9.17, 15) is 4.79 Å². The lowest BCUT2D eigenvalue weighted by molar-refractivity contribution is -0.137. The number of hydrogen-bond donors (Lipinski definition) is 0. The van der Waals surface area contributed by atoms with Crippen molar-refractivity contribution in [3.63, 3.8) is 0 Å². The second-order valence-corrected chi connectivity index (χ2v) is 8.83. The number of hydrogen-bond acceptors (Lipinski definition) is 6. The van der Waals surface area contributed by atoms with Gasteiger partial charge in [-0.05, 0) is 69.9 Å². The molecular formula is C23H33N5O2. The van der Waals surface area contributed by atoms with Gasteiger partial charge in [0.1, 0.15) is 0 Å². The Morgan fingerprint density at radius 2 is 1.97 bits per heavy atom. The smallest absolute Gasteiger partial charge is 0.227 e. The van der Waals surface area contributed by atoms with E-state index in [0.717, 1.165) is 57.0 Å². The molecule has 0 unspecified atom stereocenters. The second-order valence-electron chi connectivity index (χ2n) is 8.83. The molecule has 0 spiro atoms. The summed E-state index contributed by atoms with van der Waals surface area (Å²) in [6.45, 7) is 7.62.